The van der Waals surface area contributed by atoms with Crippen LogP contribution in [0.25, 0.3) is 22.4 Å². The van der Waals surface area contributed by atoms with Gasteiger partial charge in [-0.3, -0.25) is 0 Å². The molecule has 1 aromatic heterocycles. The van der Waals surface area contributed by atoms with Crippen LogP contribution in [0.15, 0.2) is 48.5 Å². The molecule has 0 amide bonds. The van der Waals surface area contributed by atoms with E-state index in [-0.39, 0.29) is 0 Å². The molecule has 2 heterocycles. The van der Waals surface area contributed by atoms with Gasteiger partial charge in [-0.15, -0.1) is 0 Å². The summed E-state index contributed by atoms with van der Waals surface area (Å²) in [5.74, 6) is 0.709. The topological polar surface area (TPSA) is 39.9 Å². The third-order valence-corrected chi connectivity index (χ3v) is 5.93. The fourth-order valence-electron chi connectivity index (χ4n) is 3.67. The van der Waals surface area contributed by atoms with Gasteiger partial charge in [0.05, 0.1) is 5.69 Å². The van der Waals surface area contributed by atoms with Crippen LogP contribution in [0, 0.1) is 11.3 Å². The number of rotatable bonds is 3. The Morgan fingerprint density at radius 3 is 2.17 bits per heavy atom. The average molecular weight is 443 g/mol. The maximum atomic E-state index is 10.0. The average Bonchev–Trinajstić information content (AvgIpc) is 2.74. The van der Waals surface area contributed by atoms with E-state index in [1.54, 1.807) is 12.1 Å². The van der Waals surface area contributed by atoms with Crippen molar-refractivity contribution < 1.29 is 0 Å². The van der Waals surface area contributed by atoms with Crippen molar-refractivity contribution in [2.45, 2.75) is 19.3 Å². The molecule has 2 aromatic carbocycles. The molecule has 0 radical (unpaired) electrons. The van der Waals surface area contributed by atoms with E-state index in [2.05, 4.69) is 11.0 Å². The van der Waals surface area contributed by atoms with E-state index in [0.29, 0.717) is 26.4 Å². The van der Waals surface area contributed by atoms with Gasteiger partial charge in [0.2, 0.25) is 0 Å². The molecule has 3 aromatic rings. The van der Waals surface area contributed by atoms with Gasteiger partial charge in [-0.05, 0) is 49.6 Å². The van der Waals surface area contributed by atoms with Crippen molar-refractivity contribution >= 4 is 40.6 Å². The number of hydrogen-bond donors (Lipinski definition) is 0. The lowest BCUT2D eigenvalue weighted by atomic mass is 9.97. The smallest absolute Gasteiger partial charge is 0.147 e. The zero-order chi connectivity index (χ0) is 20.4. The molecular weight excluding hydrogens is 425 g/mol. The van der Waals surface area contributed by atoms with Crippen molar-refractivity contribution in [3.8, 4) is 28.5 Å². The van der Waals surface area contributed by atoms with Crippen LogP contribution in [0.5, 0.6) is 0 Å². The number of halogens is 3. The highest BCUT2D eigenvalue weighted by Crippen LogP contribution is 2.38. The molecule has 3 nitrogen and oxygen atoms in total. The molecule has 1 aliphatic heterocycles. The van der Waals surface area contributed by atoms with Crippen LogP contribution in [0.1, 0.15) is 24.8 Å². The van der Waals surface area contributed by atoms with E-state index in [4.69, 9.17) is 39.8 Å². The zero-order valence-corrected chi connectivity index (χ0v) is 17.9. The van der Waals surface area contributed by atoms with Crippen LogP contribution in [-0.4, -0.2) is 18.1 Å². The molecule has 0 aliphatic carbocycles. The Kier molecular flexibility index (Phi) is 5.96. The first kappa shape index (κ1) is 20.0. The second-order valence-electron chi connectivity index (χ2n) is 7.04. The van der Waals surface area contributed by atoms with Crippen LogP contribution >= 0.6 is 34.8 Å². The normalized spacial score (nSPS) is 13.9. The number of anilines is 1. The quantitative estimate of drug-likeness (QED) is 0.429. The van der Waals surface area contributed by atoms with Gasteiger partial charge in [0.25, 0.3) is 0 Å². The fourth-order valence-corrected chi connectivity index (χ4v) is 4.30. The van der Waals surface area contributed by atoms with Gasteiger partial charge >= 0.3 is 0 Å². The Hall–Kier alpha value is -2.25. The maximum Gasteiger partial charge on any atom is 0.147 e. The van der Waals surface area contributed by atoms with Crippen molar-refractivity contribution in [2.24, 2.45) is 0 Å². The zero-order valence-electron chi connectivity index (χ0n) is 15.6. The number of piperidine rings is 1. The van der Waals surface area contributed by atoms with E-state index in [1.807, 2.05) is 36.4 Å². The number of benzene rings is 2. The molecule has 1 fully saturated rings. The molecular formula is C23H18Cl3N3. The van der Waals surface area contributed by atoms with E-state index >= 15 is 0 Å². The first-order valence-corrected chi connectivity index (χ1v) is 10.6. The molecule has 0 N–H and O–H groups in total. The van der Waals surface area contributed by atoms with Gasteiger partial charge in [0.1, 0.15) is 17.5 Å². The largest absolute Gasteiger partial charge is 0.355 e. The molecule has 1 aliphatic rings. The maximum absolute atomic E-state index is 10.0. The Labute approximate surface area is 185 Å². The Balaban J connectivity index is 1.95. The summed E-state index contributed by atoms with van der Waals surface area (Å²) >= 11 is 18.7. The molecule has 1 saturated heterocycles. The van der Waals surface area contributed by atoms with Gasteiger partial charge in [-0.25, -0.2) is 4.98 Å². The number of aromatic nitrogens is 1. The lowest BCUT2D eigenvalue weighted by Crippen LogP contribution is -2.31. The minimum atomic E-state index is 0.506. The third kappa shape index (κ3) is 4.21. The summed E-state index contributed by atoms with van der Waals surface area (Å²) in [6, 6.07) is 17.2. The van der Waals surface area contributed by atoms with E-state index in [0.717, 1.165) is 48.3 Å². The third-order valence-electron chi connectivity index (χ3n) is 5.13. The lowest BCUT2D eigenvalue weighted by molar-refractivity contribution is 0.573. The van der Waals surface area contributed by atoms with Gasteiger partial charge in [-0.1, -0.05) is 53.0 Å². The highest BCUT2D eigenvalue weighted by atomic mass is 35.5. The minimum absolute atomic E-state index is 0.506. The van der Waals surface area contributed by atoms with Crippen molar-refractivity contribution in [2.75, 3.05) is 18.0 Å². The Bertz CT molecular complexity index is 1080. The predicted octanol–water partition coefficient (Wildman–Crippen LogP) is 7.24. The van der Waals surface area contributed by atoms with Crippen molar-refractivity contribution in [1.82, 2.24) is 4.98 Å². The monoisotopic (exact) mass is 441 g/mol. The van der Waals surface area contributed by atoms with Gasteiger partial charge in [0.15, 0.2) is 0 Å². The summed E-state index contributed by atoms with van der Waals surface area (Å²) < 4.78 is 0. The van der Waals surface area contributed by atoms with Crippen LogP contribution in [-0.2, 0) is 0 Å². The van der Waals surface area contributed by atoms with Crippen LogP contribution < -0.4 is 4.90 Å². The predicted molar refractivity (Wildman–Crippen MR) is 121 cm³/mol. The van der Waals surface area contributed by atoms with Crippen LogP contribution in [0.3, 0.4) is 0 Å². The van der Waals surface area contributed by atoms with E-state index < -0.39 is 0 Å². The summed E-state index contributed by atoms with van der Waals surface area (Å²) in [6.07, 6.45) is 3.38. The molecule has 0 saturated carbocycles. The molecule has 146 valence electrons. The first-order chi connectivity index (χ1) is 14.1. The summed E-state index contributed by atoms with van der Waals surface area (Å²) in [6.45, 7) is 1.78. The number of hydrogen-bond acceptors (Lipinski definition) is 3. The van der Waals surface area contributed by atoms with Crippen molar-refractivity contribution in [3.05, 3.63) is 69.2 Å². The standard InChI is InChI=1S/C23H18Cl3N3/c24-16-6-4-15(5-7-16)22-13-19(18-9-8-17(25)12-21(18)26)20(14-27)23(28-22)29-10-2-1-3-11-29/h4-9,12-13H,1-3,10-11H2. The molecule has 6 heteroatoms. The van der Waals surface area contributed by atoms with Crippen molar-refractivity contribution in [3.63, 3.8) is 0 Å². The molecule has 0 spiro atoms. The summed E-state index contributed by atoms with van der Waals surface area (Å²) in [4.78, 5) is 7.09. The summed E-state index contributed by atoms with van der Waals surface area (Å²) in [5, 5.41) is 11.8. The van der Waals surface area contributed by atoms with Gasteiger partial charge in [0, 0.05) is 44.8 Å². The number of nitrogens with zero attached hydrogens (tertiary/aromatic N) is 3. The molecule has 29 heavy (non-hydrogen) atoms. The van der Waals surface area contributed by atoms with Gasteiger partial charge in [-0.2, -0.15) is 5.26 Å². The van der Waals surface area contributed by atoms with Crippen molar-refractivity contribution in [1.29, 1.82) is 5.26 Å². The highest BCUT2D eigenvalue weighted by Gasteiger charge is 2.22. The molecule has 0 bridgehead atoms. The molecule has 0 atom stereocenters. The Morgan fingerprint density at radius 1 is 0.828 bits per heavy atom. The number of pyridine rings is 1. The van der Waals surface area contributed by atoms with E-state index in [1.165, 1.54) is 6.42 Å². The molecule has 4 rings (SSSR count). The highest BCUT2D eigenvalue weighted by molar-refractivity contribution is 6.36. The van der Waals surface area contributed by atoms with Crippen LogP contribution in [0.2, 0.25) is 15.1 Å². The number of nitriles is 1. The summed E-state index contributed by atoms with van der Waals surface area (Å²) in [5.41, 5.74) is 3.78. The van der Waals surface area contributed by atoms with Gasteiger partial charge < -0.3 is 4.90 Å². The van der Waals surface area contributed by atoms with Crippen LogP contribution in [0.4, 0.5) is 5.82 Å². The molecule has 0 unspecified atom stereocenters. The summed E-state index contributed by atoms with van der Waals surface area (Å²) in [7, 11) is 0. The Morgan fingerprint density at radius 2 is 1.52 bits per heavy atom. The SMILES string of the molecule is N#Cc1c(-c2ccc(Cl)cc2Cl)cc(-c2ccc(Cl)cc2)nc1N1CCCCC1. The minimum Gasteiger partial charge on any atom is -0.355 e. The lowest BCUT2D eigenvalue weighted by Gasteiger charge is -2.29. The second-order valence-corrected chi connectivity index (χ2v) is 8.32. The first-order valence-electron chi connectivity index (χ1n) is 9.48. The fraction of sp³-hybridized carbons (Fsp3) is 0.217. The second kappa shape index (κ2) is 8.63. The van der Waals surface area contributed by atoms with E-state index in [9.17, 15) is 5.26 Å².